The second-order valence-corrected chi connectivity index (χ2v) is 8.77. The molecule has 1 aromatic heterocycles. The molecule has 0 unspecified atom stereocenters. The van der Waals surface area contributed by atoms with Crippen molar-refractivity contribution in [1.82, 2.24) is 0 Å². The summed E-state index contributed by atoms with van der Waals surface area (Å²) in [5.41, 5.74) is 4.11. The van der Waals surface area contributed by atoms with E-state index >= 15 is 0 Å². The van der Waals surface area contributed by atoms with Gasteiger partial charge in [-0.2, -0.15) is 0 Å². The molecule has 0 aliphatic carbocycles. The molecule has 0 spiro atoms. The molecule has 1 heterocycles. The van der Waals surface area contributed by atoms with Crippen LogP contribution in [-0.4, -0.2) is 5.97 Å². The summed E-state index contributed by atoms with van der Waals surface area (Å²) in [7, 11) is 0. The number of halogens is 1. The van der Waals surface area contributed by atoms with Gasteiger partial charge in [-0.3, -0.25) is 4.79 Å². The topological polar surface area (TPSA) is 65.7 Å². The van der Waals surface area contributed by atoms with E-state index < -0.39 is 5.97 Å². The number of carbonyl (C=O) groups is 1. The first-order chi connectivity index (χ1) is 17.4. The lowest BCUT2D eigenvalue weighted by Gasteiger charge is -2.10. The van der Waals surface area contributed by atoms with Gasteiger partial charge >= 0.3 is 5.97 Å². The zero-order valence-corrected chi connectivity index (χ0v) is 20.3. The van der Waals surface area contributed by atoms with Crippen molar-refractivity contribution >= 4 is 28.5 Å². The number of fused-ring (bicyclic) bond motifs is 1. The third-order valence-electron chi connectivity index (χ3n) is 5.79. The van der Waals surface area contributed by atoms with Gasteiger partial charge in [0, 0.05) is 11.1 Å². The second kappa shape index (κ2) is 9.72. The van der Waals surface area contributed by atoms with E-state index in [2.05, 4.69) is 0 Å². The maximum Gasteiger partial charge on any atom is 0.343 e. The molecule has 5 aromatic rings. The van der Waals surface area contributed by atoms with Gasteiger partial charge in [-0.25, -0.2) is 4.79 Å². The van der Waals surface area contributed by atoms with E-state index in [-0.39, 0.29) is 22.5 Å². The molecule has 0 fully saturated rings. The fourth-order valence-electron chi connectivity index (χ4n) is 3.91. The van der Waals surface area contributed by atoms with Crippen LogP contribution in [0.25, 0.3) is 22.1 Å². The molecular weight excluding hydrogens is 476 g/mol. The molecule has 6 heteroatoms. The molecule has 0 radical (unpaired) electrons. The highest BCUT2D eigenvalue weighted by Gasteiger charge is 2.14. The van der Waals surface area contributed by atoms with Crippen LogP contribution in [-0.2, 0) is 0 Å². The number of rotatable bonds is 5. The summed E-state index contributed by atoms with van der Waals surface area (Å²) >= 11 is 6.21. The molecular formula is C30H21ClO5. The van der Waals surface area contributed by atoms with Gasteiger partial charge in [-0.1, -0.05) is 54.1 Å². The Morgan fingerprint density at radius 1 is 0.806 bits per heavy atom. The average Bonchev–Trinajstić information content (AvgIpc) is 2.89. The van der Waals surface area contributed by atoms with Gasteiger partial charge in [0.05, 0.1) is 10.9 Å². The van der Waals surface area contributed by atoms with Crippen LogP contribution in [0.2, 0.25) is 5.02 Å². The molecule has 36 heavy (non-hydrogen) atoms. The molecule has 0 saturated heterocycles. The highest BCUT2D eigenvalue weighted by atomic mass is 35.5. The summed E-state index contributed by atoms with van der Waals surface area (Å²) < 4.78 is 16.9. The third kappa shape index (κ3) is 4.74. The second-order valence-electron chi connectivity index (χ2n) is 8.39. The number of aryl methyl sites for hydroxylation is 2. The van der Waals surface area contributed by atoms with Gasteiger partial charge in [0.25, 0.3) is 0 Å². The van der Waals surface area contributed by atoms with E-state index in [0.717, 1.165) is 22.3 Å². The van der Waals surface area contributed by atoms with Crippen molar-refractivity contribution in [1.29, 1.82) is 0 Å². The minimum Gasteiger partial charge on any atom is -0.460 e. The Hall–Kier alpha value is -4.35. The molecule has 0 amide bonds. The van der Waals surface area contributed by atoms with E-state index in [9.17, 15) is 9.59 Å². The molecule has 4 aromatic carbocycles. The molecule has 0 bridgehead atoms. The molecule has 0 N–H and O–H groups in total. The largest absolute Gasteiger partial charge is 0.460 e. The number of ether oxygens (including phenoxy) is 2. The fraction of sp³-hybridized carbons (Fsp3) is 0.0667. The van der Waals surface area contributed by atoms with Crippen LogP contribution in [0.15, 0.2) is 100 Å². The number of hydrogen-bond acceptors (Lipinski definition) is 5. The first-order valence-corrected chi connectivity index (χ1v) is 11.6. The lowest BCUT2D eigenvalue weighted by atomic mass is 10.0. The van der Waals surface area contributed by atoms with Gasteiger partial charge < -0.3 is 13.9 Å². The molecule has 0 saturated carbocycles. The van der Waals surface area contributed by atoms with Gasteiger partial charge in [0.1, 0.15) is 23.3 Å². The van der Waals surface area contributed by atoms with E-state index in [4.69, 9.17) is 25.5 Å². The Balaban J connectivity index is 1.34. The van der Waals surface area contributed by atoms with Crippen molar-refractivity contribution in [2.75, 3.05) is 0 Å². The van der Waals surface area contributed by atoms with E-state index in [1.165, 1.54) is 12.3 Å². The number of hydrogen-bond donors (Lipinski definition) is 0. The highest BCUT2D eigenvalue weighted by Crippen LogP contribution is 2.29. The predicted molar refractivity (Wildman–Crippen MR) is 140 cm³/mol. The first-order valence-electron chi connectivity index (χ1n) is 11.3. The quantitative estimate of drug-likeness (QED) is 0.184. The molecule has 0 aliphatic rings. The predicted octanol–water partition coefficient (Wildman–Crippen LogP) is 7.74. The van der Waals surface area contributed by atoms with E-state index in [1.54, 1.807) is 36.4 Å². The van der Waals surface area contributed by atoms with Crippen molar-refractivity contribution < 1.29 is 18.7 Å². The van der Waals surface area contributed by atoms with Crippen LogP contribution in [0.1, 0.15) is 21.5 Å². The number of esters is 1. The fourth-order valence-corrected chi connectivity index (χ4v) is 4.02. The SMILES string of the molecule is Cc1cc(Oc2coc3cc(OC(=O)c4ccc(-c5ccccc5)cc4)ccc3c2=O)cc(C)c1Cl. The summed E-state index contributed by atoms with van der Waals surface area (Å²) in [5, 5.41) is 0.962. The van der Waals surface area contributed by atoms with Crippen LogP contribution < -0.4 is 14.9 Å². The van der Waals surface area contributed by atoms with Crippen LogP contribution in [0.3, 0.4) is 0 Å². The molecule has 0 atom stereocenters. The monoisotopic (exact) mass is 496 g/mol. The third-order valence-corrected chi connectivity index (χ3v) is 6.39. The Morgan fingerprint density at radius 2 is 1.47 bits per heavy atom. The lowest BCUT2D eigenvalue weighted by molar-refractivity contribution is 0.0735. The van der Waals surface area contributed by atoms with Gasteiger partial charge in [-0.15, -0.1) is 0 Å². The minimum absolute atomic E-state index is 0.0480. The Kier molecular flexibility index (Phi) is 6.32. The van der Waals surface area contributed by atoms with Crippen LogP contribution in [0.4, 0.5) is 0 Å². The molecule has 178 valence electrons. The van der Waals surface area contributed by atoms with Crippen molar-refractivity contribution in [3.63, 3.8) is 0 Å². The zero-order chi connectivity index (χ0) is 25.2. The summed E-state index contributed by atoms with van der Waals surface area (Å²) in [4.78, 5) is 25.6. The van der Waals surface area contributed by atoms with Crippen molar-refractivity contribution in [2.45, 2.75) is 13.8 Å². The van der Waals surface area contributed by atoms with Crippen molar-refractivity contribution in [2.24, 2.45) is 0 Å². The van der Waals surface area contributed by atoms with Crippen LogP contribution >= 0.6 is 11.6 Å². The lowest BCUT2D eigenvalue weighted by Crippen LogP contribution is -2.09. The number of carbonyl (C=O) groups excluding carboxylic acids is 1. The Morgan fingerprint density at radius 3 is 2.17 bits per heavy atom. The first kappa shape index (κ1) is 23.4. The standard InChI is InChI=1S/C30H21ClO5/c1-18-14-24(15-19(2)28(18)31)35-27-17-34-26-16-23(12-13-25(26)29(27)32)36-30(33)22-10-8-21(9-11-22)20-6-4-3-5-7-20/h3-17H,1-2H3. The van der Waals surface area contributed by atoms with Crippen molar-refractivity contribution in [3.05, 3.63) is 123 Å². The average molecular weight is 497 g/mol. The van der Waals surface area contributed by atoms with Crippen molar-refractivity contribution in [3.8, 4) is 28.4 Å². The van der Waals surface area contributed by atoms with E-state index in [0.29, 0.717) is 21.7 Å². The van der Waals surface area contributed by atoms with Crippen LogP contribution in [0, 0.1) is 13.8 Å². The minimum atomic E-state index is -0.509. The summed E-state index contributed by atoms with van der Waals surface area (Å²) in [6, 6.07) is 25.2. The van der Waals surface area contributed by atoms with E-state index in [1.807, 2.05) is 56.3 Å². The molecule has 5 rings (SSSR count). The number of benzene rings is 4. The molecule has 0 aliphatic heterocycles. The maximum atomic E-state index is 13.0. The Labute approximate surface area is 212 Å². The Bertz CT molecular complexity index is 1610. The normalized spacial score (nSPS) is 10.9. The highest BCUT2D eigenvalue weighted by molar-refractivity contribution is 6.32. The summed E-state index contributed by atoms with van der Waals surface area (Å²) in [5.74, 6) is 0.293. The van der Waals surface area contributed by atoms with Gasteiger partial charge in [0.2, 0.25) is 11.2 Å². The summed E-state index contributed by atoms with van der Waals surface area (Å²) in [6.07, 6.45) is 1.25. The summed E-state index contributed by atoms with van der Waals surface area (Å²) in [6.45, 7) is 3.73. The zero-order valence-electron chi connectivity index (χ0n) is 19.6. The smallest absolute Gasteiger partial charge is 0.343 e. The van der Waals surface area contributed by atoms with Gasteiger partial charge in [0.15, 0.2) is 0 Å². The maximum absolute atomic E-state index is 13.0. The van der Waals surface area contributed by atoms with Gasteiger partial charge in [-0.05, 0) is 72.5 Å². The molecule has 5 nitrogen and oxygen atoms in total. The van der Waals surface area contributed by atoms with Crippen LogP contribution in [0.5, 0.6) is 17.2 Å².